The van der Waals surface area contributed by atoms with Crippen molar-refractivity contribution < 1.29 is 9.53 Å². The molecule has 2 aromatic carbocycles. The first-order valence-corrected chi connectivity index (χ1v) is 7.42. The Labute approximate surface area is 130 Å². The Morgan fingerprint density at radius 1 is 1.27 bits per heavy atom. The van der Waals surface area contributed by atoms with E-state index in [0.29, 0.717) is 11.3 Å². The monoisotopic (exact) mass is 296 g/mol. The third-order valence-electron chi connectivity index (χ3n) is 3.98. The molecule has 0 saturated heterocycles. The van der Waals surface area contributed by atoms with Crippen molar-refractivity contribution in [2.75, 3.05) is 13.7 Å². The fourth-order valence-corrected chi connectivity index (χ4v) is 2.80. The molecule has 1 heterocycles. The molecule has 0 saturated carbocycles. The summed E-state index contributed by atoms with van der Waals surface area (Å²) in [6.07, 6.45) is 0. The number of methoxy groups -OCH3 is 1. The number of hydrogen-bond acceptors (Lipinski definition) is 3. The average molecular weight is 296 g/mol. The normalized spacial score (nSPS) is 16.7. The van der Waals surface area contributed by atoms with Crippen LogP contribution in [0.2, 0.25) is 0 Å². The molecule has 22 heavy (non-hydrogen) atoms. The van der Waals surface area contributed by atoms with E-state index in [0.717, 1.165) is 13.1 Å². The van der Waals surface area contributed by atoms with Gasteiger partial charge in [0.2, 0.25) is 0 Å². The van der Waals surface area contributed by atoms with Crippen molar-refractivity contribution >= 4 is 5.91 Å². The maximum absolute atomic E-state index is 12.5. The van der Waals surface area contributed by atoms with Crippen LogP contribution in [0.1, 0.15) is 33.1 Å². The minimum absolute atomic E-state index is 0.0117. The van der Waals surface area contributed by atoms with Gasteiger partial charge in [0.05, 0.1) is 13.2 Å². The maximum atomic E-state index is 12.5. The molecule has 0 radical (unpaired) electrons. The zero-order valence-corrected chi connectivity index (χ0v) is 12.8. The number of rotatable bonds is 3. The van der Waals surface area contributed by atoms with Crippen molar-refractivity contribution in [3.8, 4) is 5.75 Å². The molecule has 2 aromatic rings. The first-order chi connectivity index (χ1) is 10.7. The first kappa shape index (κ1) is 14.6. The lowest BCUT2D eigenvalue weighted by atomic mass is 9.94. The maximum Gasteiger partial charge on any atom is 0.251 e. The van der Waals surface area contributed by atoms with E-state index in [2.05, 4.69) is 35.8 Å². The number of amides is 1. The van der Waals surface area contributed by atoms with Gasteiger partial charge in [0, 0.05) is 18.7 Å². The molecule has 2 N–H and O–H groups in total. The van der Waals surface area contributed by atoms with Crippen LogP contribution in [0.3, 0.4) is 0 Å². The van der Waals surface area contributed by atoms with Gasteiger partial charge >= 0.3 is 0 Å². The molecule has 0 bridgehead atoms. The summed E-state index contributed by atoms with van der Waals surface area (Å²) in [4.78, 5) is 12.5. The van der Waals surface area contributed by atoms with Crippen LogP contribution in [0.4, 0.5) is 0 Å². The molecule has 0 aromatic heterocycles. The largest absolute Gasteiger partial charge is 0.497 e. The molecule has 114 valence electrons. The van der Waals surface area contributed by atoms with Crippen molar-refractivity contribution in [2.24, 2.45) is 0 Å². The Bertz CT molecular complexity index is 697. The molecule has 1 aliphatic rings. The molecule has 3 rings (SSSR count). The summed E-state index contributed by atoms with van der Waals surface area (Å²) in [6, 6.07) is 13.6. The highest BCUT2D eigenvalue weighted by molar-refractivity contribution is 5.94. The second-order valence-corrected chi connectivity index (χ2v) is 5.59. The SMILES string of the molecule is COc1cccc(C(=O)NC2CNCc3ccc(C)cc32)c1. The van der Waals surface area contributed by atoms with E-state index in [1.165, 1.54) is 16.7 Å². The van der Waals surface area contributed by atoms with Gasteiger partial charge in [-0.15, -0.1) is 0 Å². The molecular weight excluding hydrogens is 276 g/mol. The number of nitrogens with one attached hydrogen (secondary N) is 2. The number of hydrogen-bond donors (Lipinski definition) is 2. The molecule has 1 unspecified atom stereocenters. The van der Waals surface area contributed by atoms with Gasteiger partial charge in [-0.1, -0.05) is 29.8 Å². The molecule has 1 amide bonds. The topological polar surface area (TPSA) is 50.4 Å². The summed E-state index contributed by atoms with van der Waals surface area (Å²) in [5.41, 5.74) is 4.27. The Morgan fingerprint density at radius 3 is 2.95 bits per heavy atom. The van der Waals surface area contributed by atoms with Crippen LogP contribution in [0.25, 0.3) is 0 Å². The predicted molar refractivity (Wildman–Crippen MR) is 86.1 cm³/mol. The number of fused-ring (bicyclic) bond motifs is 1. The molecule has 1 atom stereocenters. The number of benzene rings is 2. The van der Waals surface area contributed by atoms with Crippen molar-refractivity contribution in [1.29, 1.82) is 0 Å². The Balaban J connectivity index is 1.82. The number of carbonyl (C=O) groups is 1. The van der Waals surface area contributed by atoms with E-state index in [4.69, 9.17) is 4.74 Å². The van der Waals surface area contributed by atoms with Crippen molar-refractivity contribution in [3.05, 3.63) is 64.7 Å². The lowest BCUT2D eigenvalue weighted by Gasteiger charge is -2.27. The third-order valence-corrected chi connectivity index (χ3v) is 3.98. The molecule has 4 heteroatoms. The fourth-order valence-electron chi connectivity index (χ4n) is 2.80. The fraction of sp³-hybridized carbons (Fsp3) is 0.278. The van der Waals surface area contributed by atoms with E-state index in [9.17, 15) is 4.79 Å². The second kappa shape index (κ2) is 6.20. The van der Waals surface area contributed by atoms with Crippen LogP contribution in [-0.4, -0.2) is 19.6 Å². The number of carbonyl (C=O) groups excluding carboxylic acids is 1. The smallest absolute Gasteiger partial charge is 0.251 e. The van der Waals surface area contributed by atoms with Gasteiger partial charge in [0.1, 0.15) is 5.75 Å². The molecular formula is C18H20N2O2. The first-order valence-electron chi connectivity index (χ1n) is 7.42. The lowest BCUT2D eigenvalue weighted by molar-refractivity contribution is 0.0934. The van der Waals surface area contributed by atoms with Gasteiger partial charge < -0.3 is 15.4 Å². The minimum Gasteiger partial charge on any atom is -0.497 e. The molecule has 1 aliphatic heterocycles. The van der Waals surface area contributed by atoms with Crippen LogP contribution in [0.5, 0.6) is 5.75 Å². The van der Waals surface area contributed by atoms with Gasteiger partial charge in [0.25, 0.3) is 5.91 Å². The Hall–Kier alpha value is -2.33. The van der Waals surface area contributed by atoms with Crippen LogP contribution >= 0.6 is 0 Å². The molecule has 4 nitrogen and oxygen atoms in total. The molecule has 0 aliphatic carbocycles. The van der Waals surface area contributed by atoms with Crippen LogP contribution in [0, 0.1) is 6.92 Å². The summed E-state index contributed by atoms with van der Waals surface area (Å²) in [5.74, 6) is 0.603. The summed E-state index contributed by atoms with van der Waals surface area (Å²) >= 11 is 0. The van der Waals surface area contributed by atoms with Gasteiger partial charge in [-0.3, -0.25) is 4.79 Å². The zero-order valence-electron chi connectivity index (χ0n) is 12.8. The van der Waals surface area contributed by atoms with Crippen LogP contribution in [0.15, 0.2) is 42.5 Å². The minimum atomic E-state index is -0.0833. The zero-order chi connectivity index (χ0) is 15.5. The van der Waals surface area contributed by atoms with Gasteiger partial charge in [-0.25, -0.2) is 0 Å². The van der Waals surface area contributed by atoms with Crippen LogP contribution in [-0.2, 0) is 6.54 Å². The predicted octanol–water partition coefficient (Wildman–Crippen LogP) is 2.58. The number of ether oxygens (including phenoxy) is 1. The Morgan fingerprint density at radius 2 is 2.14 bits per heavy atom. The average Bonchev–Trinajstić information content (AvgIpc) is 2.55. The van der Waals surface area contributed by atoms with E-state index in [1.54, 1.807) is 19.2 Å². The third kappa shape index (κ3) is 2.97. The van der Waals surface area contributed by atoms with E-state index < -0.39 is 0 Å². The second-order valence-electron chi connectivity index (χ2n) is 5.59. The summed E-state index contributed by atoms with van der Waals surface area (Å²) in [5, 5.41) is 6.46. The van der Waals surface area contributed by atoms with Gasteiger partial charge in [-0.2, -0.15) is 0 Å². The van der Waals surface area contributed by atoms with Crippen molar-refractivity contribution in [2.45, 2.75) is 19.5 Å². The summed E-state index contributed by atoms with van der Waals surface area (Å²) < 4.78 is 5.17. The highest BCUT2D eigenvalue weighted by Crippen LogP contribution is 2.24. The highest BCUT2D eigenvalue weighted by Gasteiger charge is 2.22. The quantitative estimate of drug-likeness (QED) is 0.915. The van der Waals surface area contributed by atoms with E-state index >= 15 is 0 Å². The molecule has 0 spiro atoms. The number of aryl methyl sites for hydroxylation is 1. The molecule has 0 fully saturated rings. The van der Waals surface area contributed by atoms with Gasteiger partial charge in [0.15, 0.2) is 0 Å². The van der Waals surface area contributed by atoms with E-state index in [1.807, 2.05) is 12.1 Å². The summed E-state index contributed by atoms with van der Waals surface area (Å²) in [6.45, 7) is 3.66. The van der Waals surface area contributed by atoms with Gasteiger partial charge in [-0.05, 0) is 36.2 Å². The van der Waals surface area contributed by atoms with Crippen molar-refractivity contribution in [3.63, 3.8) is 0 Å². The van der Waals surface area contributed by atoms with E-state index in [-0.39, 0.29) is 11.9 Å². The lowest BCUT2D eigenvalue weighted by Crippen LogP contribution is -2.39. The van der Waals surface area contributed by atoms with Crippen molar-refractivity contribution in [1.82, 2.24) is 10.6 Å². The van der Waals surface area contributed by atoms with Crippen LogP contribution < -0.4 is 15.4 Å². The summed E-state index contributed by atoms with van der Waals surface area (Å²) in [7, 11) is 1.60. The highest BCUT2D eigenvalue weighted by atomic mass is 16.5. The Kier molecular flexibility index (Phi) is 4.11. The standard InChI is InChI=1S/C18H20N2O2/c1-12-6-7-14-10-19-11-17(16(14)8-12)20-18(21)13-4-3-5-15(9-13)22-2/h3-9,17,19H,10-11H2,1-2H3,(H,20,21).